The van der Waals surface area contributed by atoms with Gasteiger partial charge in [-0.25, -0.2) is 13.6 Å². The molecule has 0 saturated heterocycles. The summed E-state index contributed by atoms with van der Waals surface area (Å²) < 4.78 is 24.5. The number of hydrogen-bond donors (Lipinski definition) is 1. The molecule has 0 fully saturated rings. The molecule has 0 aromatic heterocycles. The lowest BCUT2D eigenvalue weighted by Gasteiger charge is -2.37. The predicted octanol–water partition coefficient (Wildman–Crippen LogP) is 4.04. The highest BCUT2D eigenvalue weighted by Crippen LogP contribution is 2.36. The van der Waals surface area contributed by atoms with Crippen LogP contribution >= 0.6 is 22.6 Å². The fraction of sp³-hybridized carbons (Fsp3) is 0.385. The van der Waals surface area contributed by atoms with Crippen molar-refractivity contribution in [2.75, 3.05) is 0 Å². The Hall–Kier alpha value is -1.43. The lowest BCUT2D eigenvalue weighted by atomic mass is 9.97. The van der Waals surface area contributed by atoms with Gasteiger partial charge in [-0.1, -0.05) is 52.9 Å². The van der Waals surface area contributed by atoms with Crippen molar-refractivity contribution in [3.8, 4) is 6.07 Å². The molecule has 1 aromatic rings. The zero-order valence-electron chi connectivity index (χ0n) is 10.6. The standard InChI is InChI=1S/C13H13F2IN2O2/c1-13(8-17,7-10(14)15)18(12(19)20)11(16)9-5-3-2-4-6-9/h2-6,10-11H,7H2,1H3,(H,19,20). The predicted molar refractivity (Wildman–Crippen MR) is 77.7 cm³/mol. The van der Waals surface area contributed by atoms with Gasteiger partial charge in [-0.15, -0.1) is 0 Å². The third-order valence-electron chi connectivity index (χ3n) is 2.83. The van der Waals surface area contributed by atoms with Crippen molar-refractivity contribution < 1.29 is 18.7 Å². The van der Waals surface area contributed by atoms with E-state index in [-0.39, 0.29) is 0 Å². The molecule has 2 atom stereocenters. The van der Waals surface area contributed by atoms with Crippen LogP contribution in [0.1, 0.15) is 23.0 Å². The number of halogens is 3. The summed E-state index contributed by atoms with van der Waals surface area (Å²) in [6.07, 6.45) is -5.00. The number of carbonyl (C=O) groups is 1. The quantitative estimate of drug-likeness (QED) is 0.466. The van der Waals surface area contributed by atoms with Crippen LogP contribution in [0, 0.1) is 11.3 Å². The molecule has 0 spiro atoms. The Kier molecular flexibility index (Phi) is 5.68. The fourth-order valence-electron chi connectivity index (χ4n) is 1.82. The minimum atomic E-state index is -2.76. The summed E-state index contributed by atoms with van der Waals surface area (Å²) in [5.41, 5.74) is -1.16. The van der Waals surface area contributed by atoms with Gasteiger partial charge in [-0.3, -0.25) is 4.90 Å². The van der Waals surface area contributed by atoms with E-state index in [1.54, 1.807) is 36.4 Å². The maximum absolute atomic E-state index is 12.6. The number of nitrogens with zero attached hydrogens (tertiary/aromatic N) is 2. The average molecular weight is 394 g/mol. The van der Waals surface area contributed by atoms with Gasteiger partial charge in [-0.05, 0) is 12.5 Å². The molecule has 0 aliphatic heterocycles. The van der Waals surface area contributed by atoms with Gasteiger partial charge in [0.05, 0.1) is 6.07 Å². The van der Waals surface area contributed by atoms with Crippen LogP contribution in [-0.4, -0.2) is 28.1 Å². The van der Waals surface area contributed by atoms with E-state index in [0.29, 0.717) is 5.56 Å². The summed E-state index contributed by atoms with van der Waals surface area (Å²) >= 11 is 1.83. The number of nitriles is 1. The average Bonchev–Trinajstić information content (AvgIpc) is 2.38. The molecule has 20 heavy (non-hydrogen) atoms. The molecule has 1 aromatic carbocycles. The van der Waals surface area contributed by atoms with Crippen molar-refractivity contribution in [3.63, 3.8) is 0 Å². The SMILES string of the molecule is CC(C#N)(CC(F)F)N(C(=O)O)C(I)c1ccccc1. The smallest absolute Gasteiger partial charge is 0.409 e. The van der Waals surface area contributed by atoms with Crippen LogP contribution in [0.15, 0.2) is 30.3 Å². The Morgan fingerprint density at radius 1 is 1.50 bits per heavy atom. The minimum Gasteiger partial charge on any atom is -0.465 e. The van der Waals surface area contributed by atoms with Crippen LogP contribution in [0.25, 0.3) is 0 Å². The summed E-state index contributed by atoms with van der Waals surface area (Å²) in [5, 5.41) is 18.5. The van der Waals surface area contributed by atoms with Crippen LogP contribution in [0.5, 0.6) is 0 Å². The maximum Gasteiger partial charge on any atom is 0.409 e. The molecular weight excluding hydrogens is 381 g/mol. The van der Waals surface area contributed by atoms with Gasteiger partial charge < -0.3 is 5.11 Å². The molecule has 0 bridgehead atoms. The van der Waals surface area contributed by atoms with E-state index in [0.717, 1.165) is 4.90 Å². The minimum absolute atomic E-state index is 0.631. The van der Waals surface area contributed by atoms with Gasteiger partial charge in [0.25, 0.3) is 0 Å². The Balaban J connectivity index is 3.17. The van der Waals surface area contributed by atoms with E-state index in [1.165, 1.54) is 6.92 Å². The maximum atomic E-state index is 12.6. The number of rotatable bonds is 5. The molecule has 0 saturated carbocycles. The molecular formula is C13H13F2IN2O2. The number of benzene rings is 1. The first-order chi connectivity index (χ1) is 9.31. The van der Waals surface area contributed by atoms with E-state index < -0.39 is 28.5 Å². The molecule has 0 radical (unpaired) electrons. The van der Waals surface area contributed by atoms with E-state index >= 15 is 0 Å². The highest BCUT2D eigenvalue weighted by atomic mass is 127. The van der Waals surface area contributed by atoms with Crippen molar-refractivity contribution in [3.05, 3.63) is 35.9 Å². The molecule has 4 nitrogen and oxygen atoms in total. The second-order valence-electron chi connectivity index (χ2n) is 4.38. The van der Waals surface area contributed by atoms with E-state index in [4.69, 9.17) is 5.26 Å². The summed E-state index contributed by atoms with van der Waals surface area (Å²) in [6.45, 7) is 1.21. The van der Waals surface area contributed by atoms with Gasteiger partial charge in [0.15, 0.2) is 0 Å². The summed E-state index contributed by atoms with van der Waals surface area (Å²) in [6, 6.07) is 10.3. The Labute approximate surface area is 129 Å². The highest BCUT2D eigenvalue weighted by Gasteiger charge is 2.42. The molecule has 7 heteroatoms. The Morgan fingerprint density at radius 3 is 2.45 bits per heavy atom. The van der Waals surface area contributed by atoms with Crippen LogP contribution in [0.2, 0.25) is 0 Å². The number of amides is 1. The summed E-state index contributed by atoms with van der Waals surface area (Å²) in [5.74, 6) is 0. The zero-order valence-corrected chi connectivity index (χ0v) is 12.8. The van der Waals surface area contributed by atoms with Gasteiger partial charge >= 0.3 is 6.09 Å². The zero-order chi connectivity index (χ0) is 15.3. The monoisotopic (exact) mass is 394 g/mol. The van der Waals surface area contributed by atoms with Crippen LogP contribution in [0.3, 0.4) is 0 Å². The van der Waals surface area contributed by atoms with Crippen molar-refractivity contribution in [1.29, 1.82) is 5.26 Å². The Morgan fingerprint density at radius 2 is 2.05 bits per heavy atom. The first-order valence-electron chi connectivity index (χ1n) is 5.72. The topological polar surface area (TPSA) is 64.3 Å². The van der Waals surface area contributed by atoms with Gasteiger partial charge in [0.2, 0.25) is 6.43 Å². The lowest BCUT2D eigenvalue weighted by Crippen LogP contribution is -2.49. The lowest BCUT2D eigenvalue weighted by molar-refractivity contribution is 0.0519. The van der Waals surface area contributed by atoms with Gasteiger partial charge in [0.1, 0.15) is 9.59 Å². The van der Waals surface area contributed by atoms with E-state index in [1.807, 2.05) is 22.6 Å². The number of hydrogen-bond acceptors (Lipinski definition) is 2. The first-order valence-corrected chi connectivity index (χ1v) is 6.97. The van der Waals surface area contributed by atoms with E-state index in [9.17, 15) is 18.7 Å². The molecule has 0 aliphatic carbocycles. The van der Waals surface area contributed by atoms with Crippen molar-refractivity contribution in [1.82, 2.24) is 4.90 Å². The second kappa shape index (κ2) is 6.83. The van der Waals surface area contributed by atoms with Crippen molar-refractivity contribution in [2.45, 2.75) is 29.4 Å². The normalized spacial score (nSPS) is 15.2. The van der Waals surface area contributed by atoms with Crippen molar-refractivity contribution >= 4 is 28.7 Å². The fourth-order valence-corrected chi connectivity index (χ4v) is 3.09. The van der Waals surface area contributed by atoms with Gasteiger partial charge in [0, 0.05) is 6.42 Å². The molecule has 1 N–H and O–H groups in total. The van der Waals surface area contributed by atoms with Crippen LogP contribution in [0.4, 0.5) is 13.6 Å². The summed E-state index contributed by atoms with van der Waals surface area (Å²) in [4.78, 5) is 12.2. The third kappa shape index (κ3) is 3.79. The Bertz CT molecular complexity index is 507. The second-order valence-corrected chi connectivity index (χ2v) is 5.56. The number of alkyl halides is 3. The summed E-state index contributed by atoms with van der Waals surface area (Å²) in [7, 11) is 0. The van der Waals surface area contributed by atoms with E-state index in [2.05, 4.69) is 0 Å². The molecule has 1 amide bonds. The largest absolute Gasteiger partial charge is 0.465 e. The van der Waals surface area contributed by atoms with Gasteiger partial charge in [-0.2, -0.15) is 5.26 Å². The van der Waals surface area contributed by atoms with Crippen LogP contribution < -0.4 is 0 Å². The molecule has 0 aliphatic rings. The molecule has 2 unspecified atom stereocenters. The first kappa shape index (κ1) is 16.6. The number of carboxylic acid groups (broad SMARTS) is 1. The highest BCUT2D eigenvalue weighted by molar-refractivity contribution is 14.1. The van der Waals surface area contributed by atoms with Crippen molar-refractivity contribution in [2.24, 2.45) is 0 Å². The van der Waals surface area contributed by atoms with Crippen LogP contribution in [-0.2, 0) is 0 Å². The third-order valence-corrected chi connectivity index (χ3v) is 4.11. The molecule has 1 rings (SSSR count). The molecule has 0 heterocycles. The molecule has 108 valence electrons.